The molecular weight excluding hydrogens is 294 g/mol. The summed E-state index contributed by atoms with van der Waals surface area (Å²) in [4.78, 5) is 11.4. The van der Waals surface area contributed by atoms with E-state index in [0.717, 1.165) is 19.3 Å². The lowest BCUT2D eigenvalue weighted by atomic mass is 9.71. The molecule has 0 aromatic heterocycles. The molecule has 0 spiro atoms. The average Bonchev–Trinajstić information content (AvgIpc) is 2.57. The zero-order valence-electron chi connectivity index (χ0n) is 13.6. The molecule has 1 aliphatic heterocycles. The first kappa shape index (κ1) is 16.4. The van der Waals surface area contributed by atoms with E-state index in [1.165, 1.54) is 12.5 Å². The molecular formula is C18H25NO4. The highest BCUT2D eigenvalue weighted by atomic mass is 16.7. The highest BCUT2D eigenvalue weighted by Gasteiger charge is 2.48. The summed E-state index contributed by atoms with van der Waals surface area (Å²) < 4.78 is 11.3. The third-order valence-corrected chi connectivity index (χ3v) is 5.12. The Morgan fingerprint density at radius 3 is 2.70 bits per heavy atom. The third-order valence-electron chi connectivity index (χ3n) is 5.12. The number of benzene rings is 1. The van der Waals surface area contributed by atoms with E-state index < -0.39 is 18.4 Å². The van der Waals surface area contributed by atoms with Crippen LogP contribution in [0.5, 0.6) is 0 Å². The van der Waals surface area contributed by atoms with Crippen LogP contribution in [0.15, 0.2) is 30.3 Å². The van der Waals surface area contributed by atoms with Crippen molar-refractivity contribution in [3.05, 3.63) is 35.9 Å². The lowest BCUT2D eigenvalue weighted by Crippen LogP contribution is -2.62. The maximum Gasteiger partial charge on any atom is 0.217 e. The first-order valence-corrected chi connectivity index (χ1v) is 8.28. The van der Waals surface area contributed by atoms with Gasteiger partial charge in [-0.05, 0) is 30.7 Å². The molecule has 2 aliphatic rings. The number of hydrogen-bond acceptors (Lipinski definition) is 4. The van der Waals surface area contributed by atoms with E-state index in [1.807, 2.05) is 6.07 Å². The van der Waals surface area contributed by atoms with Crippen molar-refractivity contribution in [1.82, 2.24) is 5.32 Å². The van der Waals surface area contributed by atoms with Gasteiger partial charge in [-0.2, -0.15) is 0 Å². The van der Waals surface area contributed by atoms with Crippen LogP contribution in [0.2, 0.25) is 0 Å². The number of rotatable bonds is 3. The molecule has 126 valence electrons. The minimum atomic E-state index is -0.658. The third kappa shape index (κ3) is 3.42. The van der Waals surface area contributed by atoms with Gasteiger partial charge in [0.2, 0.25) is 5.91 Å². The van der Waals surface area contributed by atoms with Crippen molar-refractivity contribution in [1.29, 1.82) is 0 Å². The Hall–Kier alpha value is -1.43. The van der Waals surface area contributed by atoms with E-state index in [2.05, 4.69) is 29.6 Å². The van der Waals surface area contributed by atoms with Crippen LogP contribution < -0.4 is 5.32 Å². The van der Waals surface area contributed by atoms with Gasteiger partial charge < -0.3 is 19.9 Å². The second-order valence-electron chi connectivity index (χ2n) is 6.58. The molecule has 2 N–H and O–H groups in total. The van der Waals surface area contributed by atoms with Crippen LogP contribution in [0.1, 0.15) is 37.7 Å². The second-order valence-corrected chi connectivity index (χ2v) is 6.58. The number of carbonyl (C=O) groups excluding carboxylic acids is 1. The van der Waals surface area contributed by atoms with Crippen LogP contribution in [0.25, 0.3) is 0 Å². The highest BCUT2D eigenvalue weighted by molar-refractivity contribution is 5.73. The summed E-state index contributed by atoms with van der Waals surface area (Å²) in [5.41, 5.74) is 1.31. The van der Waals surface area contributed by atoms with Crippen molar-refractivity contribution < 1.29 is 19.4 Å². The smallest absolute Gasteiger partial charge is 0.217 e. The topological polar surface area (TPSA) is 67.8 Å². The summed E-state index contributed by atoms with van der Waals surface area (Å²) in [6.45, 7) is 1.44. The Morgan fingerprint density at radius 2 is 2.04 bits per heavy atom. The molecule has 2 fully saturated rings. The van der Waals surface area contributed by atoms with Gasteiger partial charge in [0, 0.05) is 20.0 Å². The number of hydrogen-bond donors (Lipinski definition) is 2. The molecule has 0 unspecified atom stereocenters. The maximum absolute atomic E-state index is 11.4. The molecule has 1 aromatic rings. The van der Waals surface area contributed by atoms with E-state index >= 15 is 0 Å². The molecule has 23 heavy (non-hydrogen) atoms. The van der Waals surface area contributed by atoms with Crippen molar-refractivity contribution in [3.63, 3.8) is 0 Å². The number of aliphatic hydroxyl groups is 1. The Labute approximate surface area is 137 Å². The summed E-state index contributed by atoms with van der Waals surface area (Å²) in [7, 11) is 1.54. The zero-order valence-corrected chi connectivity index (χ0v) is 13.6. The van der Waals surface area contributed by atoms with Gasteiger partial charge in [0.25, 0.3) is 0 Å². The number of amides is 1. The molecule has 1 amide bonds. The lowest BCUT2D eigenvalue weighted by molar-refractivity contribution is -0.250. The van der Waals surface area contributed by atoms with Gasteiger partial charge in [0.15, 0.2) is 6.29 Å². The number of methoxy groups -OCH3 is 1. The van der Waals surface area contributed by atoms with Crippen LogP contribution in [-0.4, -0.2) is 42.7 Å². The van der Waals surface area contributed by atoms with E-state index in [9.17, 15) is 9.90 Å². The number of fused-ring (bicyclic) bond motifs is 1. The van der Waals surface area contributed by atoms with E-state index in [0.29, 0.717) is 5.92 Å². The second kappa shape index (κ2) is 6.99. The standard InChI is InChI=1S/C18H25NO4/c1-11(20)19-16-17(21)14-10-13(12-6-4-3-5-7-12)8-9-15(14)23-18(16)22-2/h3-7,13-18,21H,8-10H2,1-2H3,(H,19,20)/t13-,14-,15+,16-,17+,18+/m0/s1. The molecule has 1 saturated carbocycles. The van der Waals surface area contributed by atoms with Gasteiger partial charge >= 0.3 is 0 Å². The fourth-order valence-corrected chi connectivity index (χ4v) is 4.01. The van der Waals surface area contributed by atoms with Crippen LogP contribution >= 0.6 is 0 Å². The SMILES string of the molecule is CO[C@@H]1O[C@@H]2CC[C@H](c3ccccc3)C[C@@H]2[C@@H](O)[C@@H]1NC(C)=O. The number of nitrogens with one attached hydrogen (secondary N) is 1. The number of carbonyl (C=O) groups is 1. The Bertz CT molecular complexity index is 535. The molecule has 6 atom stereocenters. The fraction of sp³-hybridized carbons (Fsp3) is 0.611. The van der Waals surface area contributed by atoms with Crippen molar-refractivity contribution in [2.75, 3.05) is 7.11 Å². The fourth-order valence-electron chi connectivity index (χ4n) is 4.01. The van der Waals surface area contributed by atoms with Crippen LogP contribution in [-0.2, 0) is 14.3 Å². The molecule has 1 saturated heterocycles. The van der Waals surface area contributed by atoms with Crippen LogP contribution in [0.3, 0.4) is 0 Å². The largest absolute Gasteiger partial charge is 0.390 e. The van der Waals surface area contributed by atoms with Crippen molar-refractivity contribution >= 4 is 5.91 Å². The average molecular weight is 319 g/mol. The number of aliphatic hydroxyl groups excluding tert-OH is 1. The van der Waals surface area contributed by atoms with Crippen LogP contribution in [0.4, 0.5) is 0 Å². The molecule has 0 bridgehead atoms. The molecule has 1 heterocycles. The van der Waals surface area contributed by atoms with Gasteiger partial charge in [0.1, 0.15) is 6.04 Å². The molecule has 5 nitrogen and oxygen atoms in total. The predicted octanol–water partition coefficient (Wildman–Crippen LogP) is 1.81. The molecule has 1 aliphatic carbocycles. The van der Waals surface area contributed by atoms with E-state index in [4.69, 9.17) is 9.47 Å². The van der Waals surface area contributed by atoms with Crippen molar-refractivity contribution in [2.24, 2.45) is 5.92 Å². The first-order valence-electron chi connectivity index (χ1n) is 8.28. The molecule has 5 heteroatoms. The first-order chi connectivity index (χ1) is 11.1. The summed E-state index contributed by atoms with van der Waals surface area (Å²) in [5.74, 6) is 0.249. The molecule has 0 radical (unpaired) electrons. The zero-order chi connectivity index (χ0) is 16.4. The Morgan fingerprint density at radius 1 is 1.30 bits per heavy atom. The quantitative estimate of drug-likeness (QED) is 0.891. The Balaban J connectivity index is 1.76. The lowest BCUT2D eigenvalue weighted by Gasteiger charge is -2.48. The maximum atomic E-state index is 11.4. The summed E-state index contributed by atoms with van der Waals surface area (Å²) in [6, 6.07) is 9.89. The summed E-state index contributed by atoms with van der Waals surface area (Å²) in [6.07, 6.45) is 1.53. The number of ether oxygens (including phenoxy) is 2. The Kier molecular flexibility index (Phi) is 4.99. The van der Waals surface area contributed by atoms with Gasteiger partial charge in [-0.15, -0.1) is 0 Å². The monoisotopic (exact) mass is 319 g/mol. The minimum absolute atomic E-state index is 0.0113. The summed E-state index contributed by atoms with van der Waals surface area (Å²) in [5, 5.41) is 13.6. The molecule has 3 rings (SSSR count). The van der Waals surface area contributed by atoms with Crippen molar-refractivity contribution in [2.45, 2.75) is 56.6 Å². The van der Waals surface area contributed by atoms with Gasteiger partial charge in [-0.1, -0.05) is 30.3 Å². The van der Waals surface area contributed by atoms with Gasteiger partial charge in [-0.25, -0.2) is 0 Å². The molecule has 1 aromatic carbocycles. The van der Waals surface area contributed by atoms with Crippen molar-refractivity contribution in [3.8, 4) is 0 Å². The van der Waals surface area contributed by atoms with E-state index in [1.54, 1.807) is 7.11 Å². The predicted molar refractivity (Wildman–Crippen MR) is 85.8 cm³/mol. The van der Waals surface area contributed by atoms with Crippen LogP contribution in [0, 0.1) is 5.92 Å². The van der Waals surface area contributed by atoms with E-state index in [-0.39, 0.29) is 17.9 Å². The minimum Gasteiger partial charge on any atom is -0.390 e. The van der Waals surface area contributed by atoms with Gasteiger partial charge in [-0.3, -0.25) is 4.79 Å². The summed E-state index contributed by atoms with van der Waals surface area (Å²) >= 11 is 0. The highest BCUT2D eigenvalue weighted by Crippen LogP contribution is 2.42. The normalized spacial score (nSPS) is 37.0. The van der Waals surface area contributed by atoms with Gasteiger partial charge in [0.05, 0.1) is 12.2 Å².